The average Bonchev–Trinajstić information content (AvgIpc) is 2.74. The zero-order valence-electron chi connectivity index (χ0n) is 18.9. The van der Waals surface area contributed by atoms with Crippen molar-refractivity contribution in [1.82, 2.24) is 10.2 Å². The van der Waals surface area contributed by atoms with Crippen molar-refractivity contribution >= 4 is 53.8 Å². The molecule has 0 saturated carbocycles. The molecule has 0 spiro atoms. The van der Waals surface area contributed by atoms with Gasteiger partial charge in [0.25, 0.3) is 20.1 Å². The summed E-state index contributed by atoms with van der Waals surface area (Å²) in [6, 6.07) is 8.31. The molecule has 1 saturated heterocycles. The van der Waals surface area contributed by atoms with Gasteiger partial charge in [0.2, 0.25) is 0 Å². The zero-order chi connectivity index (χ0) is 23.7. The van der Waals surface area contributed by atoms with Crippen LogP contribution in [0.1, 0.15) is 20.8 Å². The number of benzene rings is 1. The van der Waals surface area contributed by atoms with Crippen molar-refractivity contribution in [3.8, 4) is 5.75 Å². The largest absolute Gasteiger partial charge is 0.515 e. The Morgan fingerprint density at radius 2 is 1.91 bits per heavy atom. The molecule has 2 heterocycles. The van der Waals surface area contributed by atoms with Crippen molar-refractivity contribution in [2.24, 2.45) is 0 Å². The Hall–Kier alpha value is -1.78. The van der Waals surface area contributed by atoms with E-state index in [1.807, 2.05) is 31.3 Å². The minimum Gasteiger partial charge on any atom is -0.515 e. The first-order valence-electron chi connectivity index (χ1n) is 10.4. The summed E-state index contributed by atoms with van der Waals surface area (Å²) in [5.41, 5.74) is 1.13. The number of ether oxygens (including phenoxy) is 1. The van der Waals surface area contributed by atoms with E-state index in [9.17, 15) is 14.4 Å². The SMILES string of the molecule is CC(C)(C)[Si](C)(C)OC(=O)C1=C(CBr)CS[C@@H]2C(NC(=O)COc3ccccc3)C(=O)N12. The number of β-lactam (4-membered cyclic amide) rings is 1. The average molecular weight is 542 g/mol. The van der Waals surface area contributed by atoms with Crippen LogP contribution in [0.3, 0.4) is 0 Å². The number of nitrogens with zero attached hydrogens (tertiary/aromatic N) is 1. The number of carbonyl (C=O) groups excluding carboxylic acids is 3. The smallest absolute Gasteiger partial charge is 0.341 e. The van der Waals surface area contributed by atoms with Crippen LogP contribution >= 0.6 is 27.7 Å². The van der Waals surface area contributed by atoms with E-state index in [0.29, 0.717) is 22.5 Å². The van der Waals surface area contributed by atoms with Crippen LogP contribution < -0.4 is 10.1 Å². The topological polar surface area (TPSA) is 84.9 Å². The molecule has 2 amide bonds. The molecular formula is C22H29BrN2O5SSi. The van der Waals surface area contributed by atoms with Crippen LogP contribution in [0.5, 0.6) is 5.75 Å². The van der Waals surface area contributed by atoms with Crippen LogP contribution in [-0.4, -0.2) is 60.1 Å². The second-order valence-corrected chi connectivity index (χ2v) is 15.7. The number of rotatable bonds is 7. The maximum atomic E-state index is 13.2. The molecule has 2 aliphatic rings. The monoisotopic (exact) mass is 540 g/mol. The maximum Gasteiger partial charge on any atom is 0.341 e. The quantitative estimate of drug-likeness (QED) is 0.322. The fourth-order valence-electron chi connectivity index (χ4n) is 3.09. The molecule has 1 N–H and O–H groups in total. The van der Waals surface area contributed by atoms with Gasteiger partial charge in [0, 0.05) is 11.1 Å². The highest BCUT2D eigenvalue weighted by atomic mass is 79.9. The van der Waals surface area contributed by atoms with Gasteiger partial charge in [-0.15, -0.1) is 11.8 Å². The molecule has 0 bridgehead atoms. The molecule has 0 aliphatic carbocycles. The van der Waals surface area contributed by atoms with Crippen LogP contribution in [0.15, 0.2) is 41.6 Å². The Kier molecular flexibility index (Phi) is 7.46. The third-order valence-electron chi connectivity index (χ3n) is 5.99. The van der Waals surface area contributed by atoms with Gasteiger partial charge >= 0.3 is 5.97 Å². The summed E-state index contributed by atoms with van der Waals surface area (Å²) >= 11 is 4.96. The van der Waals surface area contributed by atoms with Gasteiger partial charge in [-0.3, -0.25) is 14.5 Å². The summed E-state index contributed by atoms with van der Waals surface area (Å²) in [5.74, 6) is 0.0110. The van der Waals surface area contributed by atoms with E-state index in [2.05, 4.69) is 42.0 Å². The maximum absolute atomic E-state index is 13.2. The molecular weight excluding hydrogens is 512 g/mol. The zero-order valence-corrected chi connectivity index (χ0v) is 22.3. The Balaban J connectivity index is 1.68. The lowest BCUT2D eigenvalue weighted by Gasteiger charge is -2.50. The number of halogens is 1. The summed E-state index contributed by atoms with van der Waals surface area (Å²) < 4.78 is 11.4. The van der Waals surface area contributed by atoms with Crippen molar-refractivity contribution in [3.05, 3.63) is 41.6 Å². The third-order valence-corrected chi connectivity index (χ3v) is 12.3. The summed E-state index contributed by atoms with van der Waals surface area (Å²) in [5, 5.41) is 2.74. The van der Waals surface area contributed by atoms with E-state index in [-0.39, 0.29) is 28.8 Å². The fraction of sp³-hybridized carbons (Fsp3) is 0.500. The van der Waals surface area contributed by atoms with Gasteiger partial charge in [-0.2, -0.15) is 0 Å². The number of alkyl halides is 1. The molecule has 32 heavy (non-hydrogen) atoms. The first kappa shape index (κ1) is 24.9. The normalized spacial score (nSPS) is 20.9. The summed E-state index contributed by atoms with van der Waals surface area (Å²) in [6.45, 7) is 10.00. The predicted molar refractivity (Wildman–Crippen MR) is 131 cm³/mol. The summed E-state index contributed by atoms with van der Waals surface area (Å²) in [6.07, 6.45) is 0. The van der Waals surface area contributed by atoms with Crippen molar-refractivity contribution in [2.45, 2.75) is 50.3 Å². The molecule has 10 heteroatoms. The Bertz CT molecular complexity index is 932. The van der Waals surface area contributed by atoms with Crippen molar-refractivity contribution in [1.29, 1.82) is 0 Å². The number of thioether (sulfide) groups is 1. The molecule has 0 radical (unpaired) electrons. The van der Waals surface area contributed by atoms with E-state index < -0.39 is 20.3 Å². The predicted octanol–water partition coefficient (Wildman–Crippen LogP) is 3.66. The van der Waals surface area contributed by atoms with Crippen LogP contribution in [0.25, 0.3) is 0 Å². The number of hydrogen-bond donors (Lipinski definition) is 1. The van der Waals surface area contributed by atoms with Crippen LogP contribution in [-0.2, 0) is 18.8 Å². The molecule has 3 rings (SSSR count). The molecule has 2 aliphatic heterocycles. The highest BCUT2D eigenvalue weighted by Gasteiger charge is 2.55. The van der Waals surface area contributed by atoms with E-state index in [1.54, 1.807) is 12.1 Å². The minimum atomic E-state index is -2.36. The molecule has 1 unspecified atom stereocenters. The van der Waals surface area contributed by atoms with Crippen LogP contribution in [0, 0.1) is 0 Å². The second-order valence-electron chi connectivity index (χ2n) is 9.29. The van der Waals surface area contributed by atoms with Gasteiger partial charge in [-0.1, -0.05) is 54.9 Å². The lowest BCUT2D eigenvalue weighted by molar-refractivity contribution is -0.150. The van der Waals surface area contributed by atoms with E-state index in [1.165, 1.54) is 16.7 Å². The Labute approximate surface area is 202 Å². The van der Waals surface area contributed by atoms with Gasteiger partial charge in [-0.25, -0.2) is 4.79 Å². The number of para-hydroxylation sites is 1. The number of hydrogen-bond acceptors (Lipinski definition) is 6. The first-order chi connectivity index (χ1) is 15.0. The Morgan fingerprint density at radius 1 is 1.25 bits per heavy atom. The number of fused-ring (bicyclic) bond motifs is 1. The lowest BCUT2D eigenvalue weighted by Crippen LogP contribution is -2.71. The van der Waals surface area contributed by atoms with Gasteiger partial charge < -0.3 is 14.5 Å². The molecule has 0 aromatic heterocycles. The molecule has 1 aromatic rings. The molecule has 2 atom stereocenters. The van der Waals surface area contributed by atoms with Crippen LogP contribution in [0.2, 0.25) is 18.1 Å². The molecule has 174 valence electrons. The fourth-order valence-corrected chi connectivity index (χ4v) is 6.03. The van der Waals surface area contributed by atoms with Crippen molar-refractivity contribution < 1.29 is 23.5 Å². The van der Waals surface area contributed by atoms with Crippen LogP contribution in [0.4, 0.5) is 0 Å². The van der Waals surface area contributed by atoms with E-state index in [0.717, 1.165) is 5.57 Å². The lowest BCUT2D eigenvalue weighted by atomic mass is 10.0. The van der Waals surface area contributed by atoms with Crippen molar-refractivity contribution in [3.63, 3.8) is 0 Å². The molecule has 7 nitrogen and oxygen atoms in total. The standard InChI is InChI=1S/C22H29BrN2O5SSi/c1-22(2,3)32(4,5)30-21(28)18-14(11-23)13-31-20-17(19(27)25(18)20)24-16(26)12-29-15-9-7-6-8-10-15/h6-10,17,20H,11-13H2,1-5H3,(H,24,26)/t17?,20-/m1/s1. The number of amides is 2. The van der Waals surface area contributed by atoms with Gasteiger partial charge in [-0.05, 0) is 35.8 Å². The van der Waals surface area contributed by atoms with E-state index >= 15 is 0 Å². The number of nitrogens with one attached hydrogen (secondary N) is 1. The molecule has 1 fully saturated rings. The first-order valence-corrected chi connectivity index (χ1v) is 15.5. The van der Waals surface area contributed by atoms with Gasteiger partial charge in [0.15, 0.2) is 6.61 Å². The summed E-state index contributed by atoms with van der Waals surface area (Å²) in [7, 11) is -2.36. The summed E-state index contributed by atoms with van der Waals surface area (Å²) in [4.78, 5) is 40.0. The Morgan fingerprint density at radius 3 is 2.50 bits per heavy atom. The highest BCUT2D eigenvalue weighted by Crippen LogP contribution is 2.43. The van der Waals surface area contributed by atoms with Gasteiger partial charge in [0.1, 0.15) is 22.9 Å². The third kappa shape index (κ3) is 5.07. The van der Waals surface area contributed by atoms with Crippen molar-refractivity contribution in [2.75, 3.05) is 17.7 Å². The number of carbonyl (C=O) groups is 3. The van der Waals surface area contributed by atoms with E-state index in [4.69, 9.17) is 9.16 Å². The molecule has 1 aromatic carbocycles. The highest BCUT2D eigenvalue weighted by molar-refractivity contribution is 9.09. The second kappa shape index (κ2) is 9.60. The minimum absolute atomic E-state index is 0.144. The van der Waals surface area contributed by atoms with Gasteiger partial charge in [0.05, 0.1) is 0 Å².